The number of carbonyl (C=O) groups is 2. The summed E-state index contributed by atoms with van der Waals surface area (Å²) in [4.78, 5) is 23.8. The highest BCUT2D eigenvalue weighted by molar-refractivity contribution is 5.94. The molecule has 7 nitrogen and oxygen atoms in total. The van der Waals surface area contributed by atoms with E-state index in [4.69, 9.17) is 14.2 Å². The molecule has 0 saturated carbocycles. The molecular formula is C19H21NO6. The van der Waals surface area contributed by atoms with Crippen LogP contribution in [0, 0.1) is 0 Å². The van der Waals surface area contributed by atoms with E-state index in [0.29, 0.717) is 13.0 Å². The molecule has 1 amide bonds. The molecule has 2 aromatic rings. The second-order valence-electron chi connectivity index (χ2n) is 5.34. The van der Waals surface area contributed by atoms with Gasteiger partial charge >= 0.3 is 5.97 Å². The lowest BCUT2D eigenvalue weighted by Crippen LogP contribution is -2.30. The summed E-state index contributed by atoms with van der Waals surface area (Å²) in [5.41, 5.74) is 0.903. The van der Waals surface area contributed by atoms with Crippen molar-refractivity contribution in [1.82, 2.24) is 5.32 Å². The monoisotopic (exact) mass is 359 g/mol. The van der Waals surface area contributed by atoms with Crippen LogP contribution in [0.5, 0.6) is 17.2 Å². The van der Waals surface area contributed by atoms with E-state index in [2.05, 4.69) is 5.32 Å². The van der Waals surface area contributed by atoms with Gasteiger partial charge < -0.3 is 24.6 Å². The van der Waals surface area contributed by atoms with Crippen LogP contribution in [0.25, 0.3) is 0 Å². The fourth-order valence-electron chi connectivity index (χ4n) is 2.36. The van der Waals surface area contributed by atoms with Crippen LogP contribution >= 0.6 is 0 Å². The first-order valence-electron chi connectivity index (χ1n) is 7.98. The van der Waals surface area contributed by atoms with Crippen LogP contribution < -0.4 is 14.8 Å². The number of phenolic OH excluding ortho intramolecular Hbond substituents is 1. The number of carbonyl (C=O) groups excluding carboxylic acids is 2. The summed E-state index contributed by atoms with van der Waals surface area (Å²) in [5, 5.41) is 12.6. The van der Waals surface area contributed by atoms with Crippen LogP contribution in [0.15, 0.2) is 42.5 Å². The molecule has 0 aliphatic carbocycles. The van der Waals surface area contributed by atoms with E-state index in [1.165, 1.54) is 19.2 Å². The third-order valence-electron chi connectivity index (χ3n) is 3.68. The third kappa shape index (κ3) is 4.89. The van der Waals surface area contributed by atoms with Gasteiger partial charge in [-0.25, -0.2) is 4.79 Å². The molecule has 138 valence electrons. The van der Waals surface area contributed by atoms with Crippen LogP contribution in [-0.4, -0.2) is 44.4 Å². The maximum absolute atomic E-state index is 12.0. The topological polar surface area (TPSA) is 94.1 Å². The van der Waals surface area contributed by atoms with Crippen molar-refractivity contribution >= 4 is 11.9 Å². The highest BCUT2D eigenvalue weighted by Gasteiger charge is 2.17. The number of nitrogens with one attached hydrogen (secondary N) is 1. The van der Waals surface area contributed by atoms with Crippen LogP contribution in [0.4, 0.5) is 0 Å². The largest absolute Gasteiger partial charge is 0.504 e. The molecule has 7 heteroatoms. The molecule has 0 spiro atoms. The first-order valence-corrected chi connectivity index (χ1v) is 7.98. The molecule has 0 aliphatic heterocycles. The zero-order valence-corrected chi connectivity index (χ0v) is 14.7. The van der Waals surface area contributed by atoms with Gasteiger partial charge in [0, 0.05) is 6.54 Å². The molecule has 2 aromatic carbocycles. The van der Waals surface area contributed by atoms with Gasteiger partial charge in [-0.05, 0) is 30.2 Å². The molecule has 2 rings (SSSR count). The summed E-state index contributed by atoms with van der Waals surface area (Å²) in [6.07, 6.45) is 0.584. The molecule has 0 heterocycles. The van der Waals surface area contributed by atoms with E-state index in [1.807, 2.05) is 24.3 Å². The van der Waals surface area contributed by atoms with E-state index >= 15 is 0 Å². The Bertz CT molecular complexity index is 774. The van der Waals surface area contributed by atoms with Gasteiger partial charge in [-0.15, -0.1) is 0 Å². The molecule has 0 radical (unpaired) electrons. The van der Waals surface area contributed by atoms with Crippen LogP contribution in [0.1, 0.15) is 15.9 Å². The number of aromatic hydroxyl groups is 1. The Morgan fingerprint density at radius 3 is 2.42 bits per heavy atom. The van der Waals surface area contributed by atoms with Crippen molar-refractivity contribution < 1.29 is 28.9 Å². The highest BCUT2D eigenvalue weighted by Crippen LogP contribution is 2.29. The lowest BCUT2D eigenvalue weighted by molar-refractivity contribution is -0.124. The van der Waals surface area contributed by atoms with Gasteiger partial charge in [0.05, 0.1) is 14.2 Å². The molecule has 0 atom stereocenters. The molecule has 0 unspecified atom stereocenters. The summed E-state index contributed by atoms with van der Waals surface area (Å²) in [7, 11) is 2.96. The Balaban J connectivity index is 1.81. The van der Waals surface area contributed by atoms with Gasteiger partial charge in [-0.3, -0.25) is 4.79 Å². The smallest absolute Gasteiger partial charge is 0.342 e. The molecule has 26 heavy (non-hydrogen) atoms. The Labute approximate surface area is 151 Å². The number of amides is 1. The van der Waals surface area contributed by atoms with Crippen molar-refractivity contribution in [2.45, 2.75) is 6.42 Å². The van der Waals surface area contributed by atoms with Gasteiger partial charge in [0.15, 0.2) is 18.1 Å². The summed E-state index contributed by atoms with van der Waals surface area (Å²) in [5.74, 6) is -0.657. The number of rotatable bonds is 8. The number of hydrogen-bond acceptors (Lipinski definition) is 6. The number of esters is 1. The Kier molecular flexibility index (Phi) is 6.84. The van der Waals surface area contributed by atoms with Crippen molar-refractivity contribution in [2.75, 3.05) is 27.4 Å². The number of ether oxygens (including phenoxy) is 3. The molecule has 0 saturated heterocycles. The number of para-hydroxylation sites is 2. The van der Waals surface area contributed by atoms with Crippen molar-refractivity contribution in [3.63, 3.8) is 0 Å². The van der Waals surface area contributed by atoms with E-state index < -0.39 is 18.5 Å². The van der Waals surface area contributed by atoms with Crippen molar-refractivity contribution in [2.24, 2.45) is 0 Å². The molecule has 0 aliphatic rings. The predicted molar refractivity (Wildman–Crippen MR) is 94.6 cm³/mol. The first kappa shape index (κ1) is 19.1. The lowest BCUT2D eigenvalue weighted by Gasteiger charge is -2.10. The predicted octanol–water partition coefficient (Wildman–Crippen LogP) is 1.93. The quantitative estimate of drug-likeness (QED) is 0.700. The average molecular weight is 359 g/mol. The molecular weight excluding hydrogens is 338 g/mol. The van der Waals surface area contributed by atoms with Gasteiger partial charge in [0.25, 0.3) is 5.91 Å². The second kappa shape index (κ2) is 9.31. The Morgan fingerprint density at radius 2 is 1.69 bits per heavy atom. The zero-order valence-electron chi connectivity index (χ0n) is 14.7. The number of hydrogen-bond donors (Lipinski definition) is 2. The molecule has 0 fully saturated rings. The molecule has 2 N–H and O–H groups in total. The first-order chi connectivity index (χ1) is 12.6. The van der Waals surface area contributed by atoms with Gasteiger partial charge in [0.2, 0.25) is 0 Å². The van der Waals surface area contributed by atoms with E-state index in [9.17, 15) is 14.7 Å². The SMILES string of the molecule is COc1ccccc1CCNC(=O)COC(=O)c1cccc(OC)c1O. The zero-order chi connectivity index (χ0) is 18.9. The van der Waals surface area contributed by atoms with Crippen molar-refractivity contribution in [3.05, 3.63) is 53.6 Å². The highest BCUT2D eigenvalue weighted by atomic mass is 16.5. The van der Waals surface area contributed by atoms with Gasteiger partial charge in [-0.2, -0.15) is 0 Å². The fourth-order valence-corrected chi connectivity index (χ4v) is 2.36. The summed E-state index contributed by atoms with van der Waals surface area (Å²) in [6.45, 7) is -0.0669. The summed E-state index contributed by atoms with van der Waals surface area (Å²) < 4.78 is 15.1. The van der Waals surface area contributed by atoms with E-state index in [-0.39, 0.29) is 17.1 Å². The summed E-state index contributed by atoms with van der Waals surface area (Å²) >= 11 is 0. The Hall–Kier alpha value is -3.22. The molecule has 0 aromatic heterocycles. The minimum absolute atomic E-state index is 0.0637. The van der Waals surface area contributed by atoms with E-state index in [1.54, 1.807) is 13.2 Å². The molecule has 0 bridgehead atoms. The minimum atomic E-state index is -0.804. The third-order valence-corrected chi connectivity index (χ3v) is 3.68. The maximum atomic E-state index is 12.0. The van der Waals surface area contributed by atoms with Gasteiger partial charge in [0.1, 0.15) is 11.3 Å². The van der Waals surface area contributed by atoms with Gasteiger partial charge in [-0.1, -0.05) is 24.3 Å². The number of phenols is 1. The van der Waals surface area contributed by atoms with Crippen LogP contribution in [0.2, 0.25) is 0 Å². The average Bonchev–Trinajstić information content (AvgIpc) is 2.66. The second-order valence-corrected chi connectivity index (χ2v) is 5.34. The standard InChI is InChI=1S/C19H21NO6/c1-24-15-8-4-3-6-13(15)10-11-20-17(21)12-26-19(23)14-7-5-9-16(25-2)18(14)22/h3-9,22H,10-12H2,1-2H3,(H,20,21). The summed E-state index contributed by atoms with van der Waals surface area (Å²) in [6, 6.07) is 12.0. The van der Waals surface area contributed by atoms with Crippen molar-refractivity contribution in [3.8, 4) is 17.2 Å². The van der Waals surface area contributed by atoms with Crippen molar-refractivity contribution in [1.29, 1.82) is 0 Å². The van der Waals surface area contributed by atoms with Crippen LogP contribution in [-0.2, 0) is 16.0 Å². The minimum Gasteiger partial charge on any atom is -0.504 e. The van der Waals surface area contributed by atoms with E-state index in [0.717, 1.165) is 11.3 Å². The number of methoxy groups -OCH3 is 2. The fraction of sp³-hybridized carbons (Fsp3) is 0.263. The van der Waals surface area contributed by atoms with Crippen LogP contribution in [0.3, 0.4) is 0 Å². The Morgan fingerprint density at radius 1 is 1.00 bits per heavy atom. The number of benzene rings is 2. The maximum Gasteiger partial charge on any atom is 0.342 e. The normalized spacial score (nSPS) is 10.1. The lowest BCUT2D eigenvalue weighted by atomic mass is 10.1.